The van der Waals surface area contributed by atoms with Crippen LogP contribution in [0.15, 0.2) is 22.1 Å². The highest BCUT2D eigenvalue weighted by atomic mass is 79.9. The number of hydrogen-bond donors (Lipinski definition) is 1. The van der Waals surface area contributed by atoms with Crippen LogP contribution < -0.4 is 5.32 Å². The summed E-state index contributed by atoms with van der Waals surface area (Å²) in [6, 6.07) is 3.95. The molecule has 84 valence electrons. The monoisotopic (exact) mass is 319 g/mol. The third-order valence-corrected chi connectivity index (χ3v) is 4.25. The Labute approximate surface area is 107 Å². The number of nitrogens with zero attached hydrogens (tertiary/aromatic N) is 2. The van der Waals surface area contributed by atoms with Gasteiger partial charge in [-0.15, -0.1) is 11.3 Å². The molecule has 0 amide bonds. The van der Waals surface area contributed by atoms with Gasteiger partial charge in [-0.25, -0.2) is 4.98 Å². The Kier molecular flexibility index (Phi) is 3.52. The van der Waals surface area contributed by atoms with Gasteiger partial charge in [0.15, 0.2) is 5.13 Å². The van der Waals surface area contributed by atoms with Crippen molar-refractivity contribution in [3.05, 3.63) is 37.1 Å². The van der Waals surface area contributed by atoms with Gasteiger partial charge in [-0.1, -0.05) is 0 Å². The molecule has 2 aromatic heterocycles. The summed E-state index contributed by atoms with van der Waals surface area (Å²) >= 11 is 6.03. The van der Waals surface area contributed by atoms with Crippen molar-refractivity contribution in [2.45, 2.75) is 6.54 Å². The van der Waals surface area contributed by atoms with Crippen LogP contribution in [0.3, 0.4) is 0 Å². The number of thiophene rings is 1. The highest BCUT2D eigenvalue weighted by Crippen LogP contribution is 2.27. The first-order chi connectivity index (χ1) is 7.65. The van der Waals surface area contributed by atoms with E-state index in [-0.39, 0.29) is 5.00 Å². The van der Waals surface area contributed by atoms with Gasteiger partial charge in [-0.3, -0.25) is 10.1 Å². The summed E-state index contributed by atoms with van der Waals surface area (Å²) in [6.45, 7) is 0.626. The molecule has 16 heavy (non-hydrogen) atoms. The molecule has 0 radical (unpaired) electrons. The number of nitrogens with one attached hydrogen (secondary N) is 1. The van der Waals surface area contributed by atoms with Crippen molar-refractivity contribution in [1.29, 1.82) is 0 Å². The van der Waals surface area contributed by atoms with Gasteiger partial charge < -0.3 is 5.32 Å². The lowest BCUT2D eigenvalue weighted by molar-refractivity contribution is -0.380. The smallest absolute Gasteiger partial charge is 0.345 e. The van der Waals surface area contributed by atoms with E-state index in [2.05, 4.69) is 26.2 Å². The Balaban J connectivity index is 1.97. The Morgan fingerprint density at radius 3 is 2.88 bits per heavy atom. The average molecular weight is 320 g/mol. The Hall–Kier alpha value is -0.990. The number of nitro groups is 1. The number of thiazole rings is 1. The molecule has 0 spiro atoms. The molecule has 2 rings (SSSR count). The van der Waals surface area contributed by atoms with Gasteiger partial charge in [0.25, 0.3) is 0 Å². The second-order valence-electron chi connectivity index (χ2n) is 2.82. The molecule has 0 atom stereocenters. The van der Waals surface area contributed by atoms with Gasteiger partial charge in [-0.05, 0) is 39.4 Å². The molecule has 0 bridgehead atoms. The van der Waals surface area contributed by atoms with Crippen molar-refractivity contribution < 1.29 is 4.92 Å². The van der Waals surface area contributed by atoms with E-state index in [4.69, 9.17) is 0 Å². The normalized spacial score (nSPS) is 10.3. The summed E-state index contributed by atoms with van der Waals surface area (Å²) in [5, 5.41) is 14.1. The van der Waals surface area contributed by atoms with Crippen LogP contribution in [0.1, 0.15) is 4.88 Å². The fraction of sp³-hybridized carbons (Fsp3) is 0.125. The van der Waals surface area contributed by atoms with Gasteiger partial charge in [-0.2, -0.15) is 0 Å². The van der Waals surface area contributed by atoms with Gasteiger partial charge >= 0.3 is 5.00 Å². The van der Waals surface area contributed by atoms with Crippen molar-refractivity contribution >= 4 is 48.7 Å². The molecule has 0 aliphatic carbocycles. The van der Waals surface area contributed by atoms with E-state index in [1.165, 1.54) is 6.20 Å². The summed E-state index contributed by atoms with van der Waals surface area (Å²) in [4.78, 5) is 15.1. The molecule has 0 aliphatic rings. The van der Waals surface area contributed by atoms with Gasteiger partial charge in [0, 0.05) is 4.88 Å². The quantitative estimate of drug-likeness (QED) is 0.692. The Bertz CT molecular complexity index is 511. The lowest BCUT2D eigenvalue weighted by Gasteiger charge is -1.97. The van der Waals surface area contributed by atoms with Crippen LogP contribution in [0.2, 0.25) is 0 Å². The zero-order valence-corrected chi connectivity index (χ0v) is 11.1. The Morgan fingerprint density at radius 2 is 2.31 bits per heavy atom. The van der Waals surface area contributed by atoms with Gasteiger partial charge in [0.05, 0.1) is 15.3 Å². The molecule has 0 fully saturated rings. The molecule has 0 unspecified atom stereocenters. The van der Waals surface area contributed by atoms with E-state index in [0.29, 0.717) is 11.7 Å². The summed E-state index contributed by atoms with van der Waals surface area (Å²) in [5.41, 5.74) is 0. The maximum absolute atomic E-state index is 10.4. The minimum atomic E-state index is -0.440. The fourth-order valence-corrected chi connectivity index (χ4v) is 3.09. The SMILES string of the molecule is O=[N+]([O-])c1cnc(NCc2ccc(Br)s2)s1. The highest BCUT2D eigenvalue weighted by molar-refractivity contribution is 9.11. The second-order valence-corrected chi connectivity index (χ2v) is 6.38. The minimum absolute atomic E-state index is 0.0508. The van der Waals surface area contributed by atoms with Crippen LogP contribution in [0.25, 0.3) is 0 Å². The molecular weight excluding hydrogens is 314 g/mol. The third kappa shape index (κ3) is 2.77. The predicted octanol–water partition coefficient (Wildman–Crippen LogP) is 3.49. The largest absolute Gasteiger partial charge is 0.356 e. The molecule has 0 aromatic carbocycles. The van der Waals surface area contributed by atoms with Crippen molar-refractivity contribution in [2.75, 3.05) is 5.32 Å². The van der Waals surface area contributed by atoms with Crippen LogP contribution in [0.5, 0.6) is 0 Å². The van der Waals surface area contributed by atoms with Crippen LogP contribution in [0, 0.1) is 10.1 Å². The van der Waals surface area contributed by atoms with E-state index in [9.17, 15) is 10.1 Å². The first kappa shape index (κ1) is 11.5. The number of rotatable bonds is 4. The summed E-state index contributed by atoms with van der Waals surface area (Å²) in [7, 11) is 0. The first-order valence-electron chi connectivity index (χ1n) is 4.23. The minimum Gasteiger partial charge on any atom is -0.356 e. The molecule has 5 nitrogen and oxygen atoms in total. The van der Waals surface area contributed by atoms with Crippen LogP contribution in [-0.2, 0) is 6.54 Å². The standard InChI is InChI=1S/C8H6BrN3O2S2/c9-6-2-1-5(15-6)3-10-8-11-4-7(16-8)12(13)14/h1-2,4H,3H2,(H,10,11). The molecule has 2 heterocycles. The summed E-state index contributed by atoms with van der Waals surface area (Å²) in [5.74, 6) is 0. The van der Waals surface area contributed by atoms with E-state index < -0.39 is 4.92 Å². The maximum atomic E-state index is 10.4. The van der Waals surface area contributed by atoms with E-state index in [1.807, 2.05) is 12.1 Å². The molecular formula is C8H6BrN3O2S2. The van der Waals surface area contributed by atoms with Crippen molar-refractivity contribution in [2.24, 2.45) is 0 Å². The summed E-state index contributed by atoms with van der Waals surface area (Å²) in [6.07, 6.45) is 1.26. The summed E-state index contributed by atoms with van der Waals surface area (Å²) < 4.78 is 1.06. The lowest BCUT2D eigenvalue weighted by Crippen LogP contribution is -1.95. The molecule has 0 saturated heterocycles. The topological polar surface area (TPSA) is 68.1 Å². The molecule has 0 aliphatic heterocycles. The number of halogens is 1. The van der Waals surface area contributed by atoms with Crippen LogP contribution in [-0.4, -0.2) is 9.91 Å². The first-order valence-corrected chi connectivity index (χ1v) is 6.66. The van der Waals surface area contributed by atoms with E-state index in [0.717, 1.165) is 20.0 Å². The second kappa shape index (κ2) is 4.89. The number of hydrogen-bond acceptors (Lipinski definition) is 6. The Morgan fingerprint density at radius 1 is 1.50 bits per heavy atom. The van der Waals surface area contributed by atoms with Crippen molar-refractivity contribution in [3.63, 3.8) is 0 Å². The zero-order valence-electron chi connectivity index (χ0n) is 7.84. The van der Waals surface area contributed by atoms with Gasteiger partial charge in [0.1, 0.15) is 6.20 Å². The van der Waals surface area contributed by atoms with Crippen LogP contribution >= 0.6 is 38.6 Å². The maximum Gasteiger partial charge on any atom is 0.345 e. The fourth-order valence-electron chi connectivity index (χ4n) is 1.04. The molecule has 2 aromatic rings. The van der Waals surface area contributed by atoms with Crippen LogP contribution in [0.4, 0.5) is 10.1 Å². The lowest BCUT2D eigenvalue weighted by atomic mass is 10.5. The van der Waals surface area contributed by atoms with E-state index >= 15 is 0 Å². The highest BCUT2D eigenvalue weighted by Gasteiger charge is 2.10. The predicted molar refractivity (Wildman–Crippen MR) is 68.1 cm³/mol. The number of aromatic nitrogens is 1. The molecule has 0 saturated carbocycles. The zero-order chi connectivity index (χ0) is 11.5. The number of anilines is 1. The molecule has 1 N–H and O–H groups in total. The van der Waals surface area contributed by atoms with Gasteiger partial charge in [0.2, 0.25) is 0 Å². The third-order valence-electron chi connectivity index (χ3n) is 1.72. The molecule has 8 heteroatoms. The van der Waals surface area contributed by atoms with Crippen molar-refractivity contribution in [1.82, 2.24) is 4.98 Å². The van der Waals surface area contributed by atoms with E-state index in [1.54, 1.807) is 11.3 Å². The van der Waals surface area contributed by atoms with Crippen molar-refractivity contribution in [3.8, 4) is 0 Å². The average Bonchev–Trinajstić information content (AvgIpc) is 2.83.